The number of benzene rings is 4. The van der Waals surface area contributed by atoms with Crippen molar-refractivity contribution in [1.82, 2.24) is 4.90 Å². The van der Waals surface area contributed by atoms with E-state index in [4.69, 9.17) is 15.2 Å². The monoisotopic (exact) mass is 532 g/mol. The topological polar surface area (TPSA) is 85.0 Å². The first-order chi connectivity index (χ1) is 18.9. The highest BCUT2D eigenvalue weighted by Crippen LogP contribution is 2.28. The summed E-state index contributed by atoms with van der Waals surface area (Å²) in [4.78, 5) is 13.4. The highest BCUT2D eigenvalue weighted by atomic mass is 19.1. The Bertz CT molecular complexity index is 1380. The van der Waals surface area contributed by atoms with Gasteiger partial charge in [0.15, 0.2) is 0 Å². The van der Waals surface area contributed by atoms with Crippen LogP contribution in [0.15, 0.2) is 97.1 Å². The quantitative estimate of drug-likeness (QED) is 0.215. The number of ether oxygens (including phenoxy) is 2. The minimum atomic E-state index is -1.06. The lowest BCUT2D eigenvalue weighted by atomic mass is 10.1. The van der Waals surface area contributed by atoms with Crippen molar-refractivity contribution < 1.29 is 28.2 Å². The predicted molar refractivity (Wildman–Crippen MR) is 144 cm³/mol. The molecule has 0 fully saturated rings. The highest BCUT2D eigenvalue weighted by molar-refractivity contribution is 5.73. The number of halogens is 2. The smallest absolute Gasteiger partial charge is 0.320 e. The fourth-order valence-electron chi connectivity index (χ4n) is 4.05. The third kappa shape index (κ3) is 8.36. The maximum atomic E-state index is 13.7. The maximum absolute atomic E-state index is 13.7. The molecule has 1 unspecified atom stereocenters. The molecule has 202 valence electrons. The van der Waals surface area contributed by atoms with Gasteiger partial charge in [0.1, 0.15) is 41.5 Å². The Balaban J connectivity index is 1.54. The second-order valence-electron chi connectivity index (χ2n) is 9.13. The van der Waals surface area contributed by atoms with Crippen molar-refractivity contribution in [2.24, 2.45) is 5.73 Å². The molecule has 0 aliphatic heterocycles. The number of carbonyl (C=O) groups is 1. The minimum Gasteiger partial charge on any atom is -0.489 e. The molecule has 0 radical (unpaired) electrons. The van der Waals surface area contributed by atoms with Gasteiger partial charge in [-0.05, 0) is 48.4 Å². The summed E-state index contributed by atoms with van der Waals surface area (Å²) < 4.78 is 39.0. The van der Waals surface area contributed by atoms with Gasteiger partial charge in [-0.3, -0.25) is 9.69 Å². The molecule has 0 aliphatic rings. The second-order valence-corrected chi connectivity index (χ2v) is 9.13. The number of nitrogens with two attached hydrogens (primary N) is 1. The normalized spacial score (nSPS) is 11.8. The van der Waals surface area contributed by atoms with Gasteiger partial charge in [0.25, 0.3) is 0 Å². The van der Waals surface area contributed by atoms with E-state index in [1.165, 1.54) is 24.3 Å². The van der Waals surface area contributed by atoms with Crippen molar-refractivity contribution in [3.8, 4) is 17.2 Å². The molecule has 0 amide bonds. The Kier molecular flexibility index (Phi) is 9.61. The van der Waals surface area contributed by atoms with Gasteiger partial charge in [-0.1, -0.05) is 54.6 Å². The standard InChI is InChI=1S/C31H30F2N2O4/c32-25-14-12-22(13-15-25)21-38-29-10-3-1-6-23(29)19-35(17-16-28(34)31(36)37)20-24-7-2-4-11-30(24)39-27-9-5-8-26(33)18-27/h1-15,18,28H,16-17,19-21,34H2,(H,36,37). The fraction of sp³-hybridized carbons (Fsp3) is 0.194. The number of rotatable bonds is 13. The average molecular weight is 533 g/mol. The van der Waals surface area contributed by atoms with E-state index in [0.717, 1.165) is 16.7 Å². The molecule has 0 aliphatic carbocycles. The van der Waals surface area contributed by atoms with Gasteiger partial charge in [0.05, 0.1) is 0 Å². The van der Waals surface area contributed by atoms with Crippen LogP contribution in [-0.4, -0.2) is 28.6 Å². The zero-order chi connectivity index (χ0) is 27.6. The van der Waals surface area contributed by atoms with Gasteiger partial charge >= 0.3 is 5.97 Å². The third-order valence-corrected chi connectivity index (χ3v) is 6.14. The number of hydrogen-bond acceptors (Lipinski definition) is 5. The molecule has 3 N–H and O–H groups in total. The predicted octanol–water partition coefficient (Wildman–Crippen LogP) is 6.14. The zero-order valence-corrected chi connectivity index (χ0v) is 21.3. The van der Waals surface area contributed by atoms with Crippen LogP contribution < -0.4 is 15.2 Å². The third-order valence-electron chi connectivity index (χ3n) is 6.14. The molecule has 1 atom stereocenters. The van der Waals surface area contributed by atoms with Crippen molar-refractivity contribution in [2.45, 2.75) is 32.2 Å². The van der Waals surface area contributed by atoms with Crippen LogP contribution in [0.1, 0.15) is 23.1 Å². The van der Waals surface area contributed by atoms with Crippen LogP contribution in [0.3, 0.4) is 0 Å². The lowest BCUT2D eigenvalue weighted by Crippen LogP contribution is -2.35. The SMILES string of the molecule is NC(CCN(Cc1ccccc1OCc1ccc(F)cc1)Cc1ccccc1Oc1cccc(F)c1)C(=O)O. The molecule has 39 heavy (non-hydrogen) atoms. The first kappa shape index (κ1) is 27.8. The van der Waals surface area contributed by atoms with E-state index in [0.29, 0.717) is 36.9 Å². The molecule has 4 aromatic carbocycles. The van der Waals surface area contributed by atoms with Crippen molar-refractivity contribution in [1.29, 1.82) is 0 Å². The number of hydrogen-bond donors (Lipinski definition) is 2. The van der Waals surface area contributed by atoms with Gasteiger partial charge in [0, 0.05) is 36.8 Å². The molecule has 4 aromatic rings. The Morgan fingerprint density at radius 3 is 2.13 bits per heavy atom. The van der Waals surface area contributed by atoms with E-state index in [-0.39, 0.29) is 18.8 Å². The maximum Gasteiger partial charge on any atom is 0.320 e. The minimum absolute atomic E-state index is 0.237. The number of aliphatic carboxylic acids is 1. The summed E-state index contributed by atoms with van der Waals surface area (Å²) in [6.45, 7) is 1.53. The van der Waals surface area contributed by atoms with E-state index in [1.807, 2.05) is 42.5 Å². The van der Waals surface area contributed by atoms with E-state index < -0.39 is 17.8 Å². The molecule has 0 aromatic heterocycles. The Morgan fingerprint density at radius 1 is 0.821 bits per heavy atom. The van der Waals surface area contributed by atoms with E-state index in [1.54, 1.807) is 30.3 Å². The molecule has 4 rings (SSSR count). The van der Waals surface area contributed by atoms with Crippen LogP contribution in [0.4, 0.5) is 8.78 Å². The van der Waals surface area contributed by atoms with Gasteiger partial charge in [-0.25, -0.2) is 8.78 Å². The lowest BCUT2D eigenvalue weighted by Gasteiger charge is -2.25. The second kappa shape index (κ2) is 13.5. The van der Waals surface area contributed by atoms with Crippen molar-refractivity contribution in [3.63, 3.8) is 0 Å². The first-order valence-corrected chi connectivity index (χ1v) is 12.5. The number of carboxylic acids is 1. The Hall–Kier alpha value is -4.27. The van der Waals surface area contributed by atoms with Gasteiger partial charge < -0.3 is 20.3 Å². The average Bonchev–Trinajstić information content (AvgIpc) is 2.93. The van der Waals surface area contributed by atoms with Crippen molar-refractivity contribution in [3.05, 3.63) is 125 Å². The van der Waals surface area contributed by atoms with Crippen LogP contribution in [0.25, 0.3) is 0 Å². The molecule has 6 nitrogen and oxygen atoms in total. The van der Waals surface area contributed by atoms with Crippen LogP contribution in [0.5, 0.6) is 17.2 Å². The molecule has 0 spiro atoms. The van der Waals surface area contributed by atoms with Crippen molar-refractivity contribution in [2.75, 3.05) is 6.54 Å². The summed E-state index contributed by atoms with van der Waals surface area (Å²) in [5.41, 5.74) is 8.38. The summed E-state index contributed by atoms with van der Waals surface area (Å²) in [5, 5.41) is 9.31. The lowest BCUT2D eigenvalue weighted by molar-refractivity contribution is -0.138. The van der Waals surface area contributed by atoms with Gasteiger partial charge in [-0.2, -0.15) is 0 Å². The molecular weight excluding hydrogens is 502 g/mol. The highest BCUT2D eigenvalue weighted by Gasteiger charge is 2.18. The molecular formula is C31H30F2N2O4. The van der Waals surface area contributed by atoms with Crippen LogP contribution in [0, 0.1) is 11.6 Å². The van der Waals surface area contributed by atoms with Crippen molar-refractivity contribution >= 4 is 5.97 Å². The fourth-order valence-corrected chi connectivity index (χ4v) is 4.05. The molecule has 0 heterocycles. The van der Waals surface area contributed by atoms with E-state index in [2.05, 4.69) is 4.90 Å². The van der Waals surface area contributed by atoms with Crippen LogP contribution in [-0.2, 0) is 24.5 Å². The van der Waals surface area contributed by atoms with Crippen LogP contribution >= 0.6 is 0 Å². The molecule has 0 saturated carbocycles. The molecule has 0 saturated heterocycles. The Morgan fingerprint density at radius 2 is 1.46 bits per heavy atom. The summed E-state index contributed by atoms with van der Waals surface area (Å²) >= 11 is 0. The van der Waals surface area contributed by atoms with Gasteiger partial charge in [-0.15, -0.1) is 0 Å². The number of para-hydroxylation sites is 2. The largest absolute Gasteiger partial charge is 0.489 e. The molecule has 0 bridgehead atoms. The van der Waals surface area contributed by atoms with Crippen LogP contribution in [0.2, 0.25) is 0 Å². The van der Waals surface area contributed by atoms with Gasteiger partial charge in [0.2, 0.25) is 0 Å². The summed E-state index contributed by atoms with van der Waals surface area (Å²) in [6.07, 6.45) is 0.237. The first-order valence-electron chi connectivity index (χ1n) is 12.5. The summed E-state index contributed by atoms with van der Waals surface area (Å²) in [5.74, 6) is -0.160. The Labute approximate surface area is 226 Å². The number of nitrogens with zero attached hydrogens (tertiary/aromatic N) is 1. The summed E-state index contributed by atoms with van der Waals surface area (Å²) in [6, 6.07) is 26.1. The van der Waals surface area contributed by atoms with E-state index >= 15 is 0 Å². The zero-order valence-electron chi connectivity index (χ0n) is 21.3. The summed E-state index contributed by atoms with van der Waals surface area (Å²) in [7, 11) is 0. The van der Waals surface area contributed by atoms with E-state index in [9.17, 15) is 18.7 Å². The molecule has 8 heteroatoms. The number of carboxylic acid groups (broad SMARTS) is 1.